The number of sulfonamides is 1. The van der Waals surface area contributed by atoms with Gasteiger partial charge in [0.1, 0.15) is 5.58 Å². The molecule has 3 heterocycles. The lowest BCUT2D eigenvalue weighted by Gasteiger charge is -2.33. The van der Waals surface area contributed by atoms with Crippen molar-refractivity contribution in [3.8, 4) is 0 Å². The SMILES string of the molecule is Cc1cc2occ(CC(=O)N3CCN(S(=O)(=O)c4sc(=O)[nH]c4C)CC3)c2cc1C(C)C. The Kier molecular flexibility index (Phi) is 6.04. The van der Waals surface area contributed by atoms with Crippen LogP contribution in [0.15, 0.2) is 31.8 Å². The zero-order chi connectivity index (χ0) is 23.2. The summed E-state index contributed by atoms with van der Waals surface area (Å²) in [5.41, 5.74) is 4.36. The molecule has 0 radical (unpaired) electrons. The summed E-state index contributed by atoms with van der Waals surface area (Å²) in [6.07, 6.45) is 1.85. The lowest BCUT2D eigenvalue weighted by atomic mass is 9.95. The van der Waals surface area contributed by atoms with Crippen LogP contribution < -0.4 is 4.87 Å². The van der Waals surface area contributed by atoms with Gasteiger partial charge < -0.3 is 14.3 Å². The van der Waals surface area contributed by atoms with Crippen LogP contribution in [0.2, 0.25) is 0 Å². The van der Waals surface area contributed by atoms with Gasteiger partial charge in [-0.1, -0.05) is 25.2 Å². The molecule has 0 atom stereocenters. The van der Waals surface area contributed by atoms with Crippen molar-refractivity contribution in [1.29, 1.82) is 0 Å². The number of rotatable bonds is 5. The highest BCUT2D eigenvalue weighted by Gasteiger charge is 2.32. The highest BCUT2D eigenvalue weighted by molar-refractivity contribution is 7.91. The topological polar surface area (TPSA) is 104 Å². The molecular weight excluding hydrogens is 450 g/mol. The maximum atomic E-state index is 13.0. The molecule has 1 aliphatic heterocycles. The van der Waals surface area contributed by atoms with E-state index in [1.165, 1.54) is 15.4 Å². The van der Waals surface area contributed by atoms with Crippen molar-refractivity contribution in [3.05, 3.63) is 50.4 Å². The molecule has 1 aromatic carbocycles. The maximum absolute atomic E-state index is 13.0. The molecule has 8 nitrogen and oxygen atoms in total. The summed E-state index contributed by atoms with van der Waals surface area (Å²) in [6.45, 7) is 8.92. The van der Waals surface area contributed by atoms with Crippen molar-refractivity contribution in [1.82, 2.24) is 14.2 Å². The molecule has 1 aliphatic rings. The van der Waals surface area contributed by atoms with Crippen LogP contribution in [-0.4, -0.2) is 54.7 Å². The zero-order valence-electron chi connectivity index (χ0n) is 18.6. The van der Waals surface area contributed by atoms with Crippen molar-refractivity contribution < 1.29 is 17.6 Å². The van der Waals surface area contributed by atoms with Crippen LogP contribution in [0, 0.1) is 13.8 Å². The minimum atomic E-state index is -3.75. The molecule has 32 heavy (non-hydrogen) atoms. The molecule has 0 saturated carbocycles. The molecule has 1 N–H and O–H groups in total. The first-order valence-electron chi connectivity index (χ1n) is 10.6. The third kappa shape index (κ3) is 4.14. The molecule has 0 bridgehead atoms. The molecule has 0 aliphatic carbocycles. The maximum Gasteiger partial charge on any atom is 0.305 e. The Balaban J connectivity index is 1.46. The number of nitrogens with one attached hydrogen (secondary N) is 1. The van der Waals surface area contributed by atoms with Crippen LogP contribution in [0.25, 0.3) is 11.0 Å². The predicted molar refractivity (Wildman–Crippen MR) is 124 cm³/mol. The number of benzene rings is 1. The van der Waals surface area contributed by atoms with E-state index in [-0.39, 0.29) is 29.6 Å². The lowest BCUT2D eigenvalue weighted by molar-refractivity contribution is -0.131. The van der Waals surface area contributed by atoms with E-state index in [9.17, 15) is 18.0 Å². The van der Waals surface area contributed by atoms with Gasteiger partial charge in [0.05, 0.1) is 12.7 Å². The van der Waals surface area contributed by atoms with E-state index in [0.717, 1.165) is 16.5 Å². The number of hydrogen-bond donors (Lipinski definition) is 1. The van der Waals surface area contributed by atoms with Gasteiger partial charge in [0, 0.05) is 42.8 Å². The van der Waals surface area contributed by atoms with E-state index in [2.05, 4.69) is 31.8 Å². The van der Waals surface area contributed by atoms with Gasteiger partial charge in [-0.3, -0.25) is 9.59 Å². The number of aryl methyl sites for hydroxylation is 2. The van der Waals surface area contributed by atoms with Gasteiger partial charge in [-0.2, -0.15) is 4.31 Å². The van der Waals surface area contributed by atoms with Gasteiger partial charge >= 0.3 is 4.87 Å². The van der Waals surface area contributed by atoms with E-state index in [4.69, 9.17) is 4.42 Å². The number of aromatic nitrogens is 1. The fourth-order valence-electron chi connectivity index (χ4n) is 4.21. The Morgan fingerprint density at radius 2 is 1.88 bits per heavy atom. The number of piperazine rings is 1. The molecule has 0 unspecified atom stereocenters. The fourth-order valence-corrected chi connectivity index (χ4v) is 7.07. The molecule has 1 saturated heterocycles. The van der Waals surface area contributed by atoms with Crippen LogP contribution in [0.5, 0.6) is 0 Å². The third-order valence-electron chi connectivity index (χ3n) is 5.95. The molecule has 3 aromatic rings. The summed E-state index contributed by atoms with van der Waals surface area (Å²) in [5, 5.41) is 0.951. The first-order chi connectivity index (χ1) is 15.1. The number of amides is 1. The summed E-state index contributed by atoms with van der Waals surface area (Å²) in [4.78, 5) is 28.3. The van der Waals surface area contributed by atoms with Gasteiger partial charge in [0.25, 0.3) is 10.0 Å². The number of hydrogen-bond acceptors (Lipinski definition) is 6. The van der Waals surface area contributed by atoms with Crippen LogP contribution in [-0.2, 0) is 21.2 Å². The minimum Gasteiger partial charge on any atom is -0.464 e. The Morgan fingerprint density at radius 1 is 1.19 bits per heavy atom. The second-order valence-corrected chi connectivity index (χ2v) is 11.6. The van der Waals surface area contributed by atoms with Gasteiger partial charge in [-0.15, -0.1) is 0 Å². The van der Waals surface area contributed by atoms with E-state index in [1.54, 1.807) is 18.1 Å². The largest absolute Gasteiger partial charge is 0.464 e. The number of furan rings is 1. The number of nitrogens with zero attached hydrogens (tertiary/aromatic N) is 2. The zero-order valence-corrected chi connectivity index (χ0v) is 20.2. The normalized spacial score (nSPS) is 15.7. The first-order valence-corrected chi connectivity index (χ1v) is 12.8. The summed E-state index contributed by atoms with van der Waals surface area (Å²) >= 11 is 0.698. The van der Waals surface area contributed by atoms with Gasteiger partial charge in [0.15, 0.2) is 4.21 Å². The van der Waals surface area contributed by atoms with E-state index in [0.29, 0.717) is 36.0 Å². The number of carbonyl (C=O) groups is 1. The quantitative estimate of drug-likeness (QED) is 0.608. The molecule has 2 aromatic heterocycles. The summed E-state index contributed by atoms with van der Waals surface area (Å²) < 4.78 is 32.8. The number of fused-ring (bicyclic) bond motifs is 1. The van der Waals surface area contributed by atoms with E-state index >= 15 is 0 Å². The number of H-pyrrole nitrogens is 1. The Bertz CT molecular complexity index is 1330. The van der Waals surface area contributed by atoms with Crippen LogP contribution >= 0.6 is 11.3 Å². The average Bonchev–Trinajstić information content (AvgIpc) is 3.29. The molecule has 1 amide bonds. The van der Waals surface area contributed by atoms with Crippen molar-refractivity contribution in [2.45, 2.75) is 44.2 Å². The van der Waals surface area contributed by atoms with Crippen LogP contribution in [0.3, 0.4) is 0 Å². The second kappa shape index (κ2) is 8.49. The summed E-state index contributed by atoms with van der Waals surface area (Å²) in [6, 6.07) is 4.12. The van der Waals surface area contributed by atoms with E-state index in [1.807, 2.05) is 6.07 Å². The predicted octanol–water partition coefficient (Wildman–Crippen LogP) is 3.00. The van der Waals surface area contributed by atoms with Crippen molar-refractivity contribution >= 4 is 38.2 Å². The molecule has 172 valence electrons. The first kappa shape index (κ1) is 22.8. The standard InChI is InChI=1S/C22H27N3O5S2/c1-13(2)17-11-18-16(12-30-19(18)9-14(17)3)10-20(26)24-5-7-25(8-6-24)32(28,29)21-15(4)23-22(27)31-21/h9,11-13H,5-8,10H2,1-4H3,(H,23,27). The van der Waals surface area contributed by atoms with Gasteiger partial charge in [-0.05, 0) is 43.0 Å². The Morgan fingerprint density at radius 3 is 2.47 bits per heavy atom. The highest BCUT2D eigenvalue weighted by atomic mass is 32.2. The molecule has 10 heteroatoms. The Hall–Kier alpha value is -2.43. The van der Waals surface area contributed by atoms with Crippen LogP contribution in [0.1, 0.15) is 42.1 Å². The number of aromatic amines is 1. The fraction of sp³-hybridized carbons (Fsp3) is 0.455. The molecule has 1 fully saturated rings. The smallest absolute Gasteiger partial charge is 0.305 e. The van der Waals surface area contributed by atoms with Crippen LogP contribution in [0.4, 0.5) is 0 Å². The number of thiazole rings is 1. The average molecular weight is 478 g/mol. The Labute approximate surface area is 190 Å². The molecular formula is C22H27N3O5S2. The van der Waals surface area contributed by atoms with Gasteiger partial charge in [0.2, 0.25) is 5.91 Å². The molecule has 0 spiro atoms. The number of carbonyl (C=O) groups excluding carboxylic acids is 1. The summed E-state index contributed by atoms with van der Waals surface area (Å²) in [5.74, 6) is 0.314. The lowest BCUT2D eigenvalue weighted by Crippen LogP contribution is -2.50. The van der Waals surface area contributed by atoms with Crippen molar-refractivity contribution in [2.75, 3.05) is 26.2 Å². The monoisotopic (exact) mass is 477 g/mol. The molecule has 4 rings (SSSR count). The summed E-state index contributed by atoms with van der Waals surface area (Å²) in [7, 11) is -3.75. The van der Waals surface area contributed by atoms with Crippen molar-refractivity contribution in [2.24, 2.45) is 0 Å². The second-order valence-electron chi connectivity index (χ2n) is 8.51. The third-order valence-corrected chi connectivity index (χ3v) is 9.43. The highest BCUT2D eigenvalue weighted by Crippen LogP contribution is 2.29. The van der Waals surface area contributed by atoms with E-state index < -0.39 is 14.9 Å². The van der Waals surface area contributed by atoms with Gasteiger partial charge in [-0.25, -0.2) is 8.42 Å². The minimum absolute atomic E-state index is 0.0448. The van der Waals surface area contributed by atoms with Crippen molar-refractivity contribution in [3.63, 3.8) is 0 Å².